The minimum atomic E-state index is -0.351. The molecule has 1 saturated carbocycles. The van der Waals surface area contributed by atoms with E-state index in [1.807, 2.05) is 6.92 Å². The van der Waals surface area contributed by atoms with Crippen LogP contribution in [0.3, 0.4) is 0 Å². The zero-order valence-electron chi connectivity index (χ0n) is 17.8. The molecule has 1 N–H and O–H groups in total. The molecule has 7 heteroatoms. The van der Waals surface area contributed by atoms with Crippen molar-refractivity contribution in [3.63, 3.8) is 0 Å². The lowest BCUT2D eigenvalue weighted by Crippen LogP contribution is -2.32. The van der Waals surface area contributed by atoms with E-state index in [-0.39, 0.29) is 30.0 Å². The topological polar surface area (TPSA) is 75.2 Å². The van der Waals surface area contributed by atoms with Gasteiger partial charge in [-0.2, -0.15) is 0 Å². The van der Waals surface area contributed by atoms with E-state index in [0.717, 1.165) is 31.4 Å². The summed E-state index contributed by atoms with van der Waals surface area (Å²) in [6, 6.07) is 6.35. The molecular formula is C23H29FN4O2. The summed E-state index contributed by atoms with van der Waals surface area (Å²) in [5, 5.41) is 2.94. The number of carbonyl (C=O) groups is 2. The molecule has 0 bridgehead atoms. The maximum Gasteiger partial charge on any atom is 0.256 e. The van der Waals surface area contributed by atoms with E-state index in [1.165, 1.54) is 6.07 Å². The molecule has 1 aromatic heterocycles. The number of hydrogen-bond donors (Lipinski definition) is 1. The van der Waals surface area contributed by atoms with Gasteiger partial charge in [0.25, 0.3) is 5.91 Å². The van der Waals surface area contributed by atoms with Gasteiger partial charge < -0.3 is 10.2 Å². The van der Waals surface area contributed by atoms with E-state index in [4.69, 9.17) is 0 Å². The second-order valence-electron chi connectivity index (χ2n) is 8.21. The number of hydrogen-bond acceptors (Lipinski definition) is 4. The summed E-state index contributed by atoms with van der Waals surface area (Å²) in [5.41, 5.74) is 1.83. The first-order chi connectivity index (χ1) is 14.3. The van der Waals surface area contributed by atoms with Crippen molar-refractivity contribution in [2.75, 3.05) is 20.6 Å². The van der Waals surface area contributed by atoms with Gasteiger partial charge in [0.15, 0.2) is 0 Å². The average molecular weight is 413 g/mol. The largest absolute Gasteiger partial charge is 0.356 e. The molecule has 3 rings (SSSR count). The summed E-state index contributed by atoms with van der Waals surface area (Å²) in [5.74, 6) is 0.678. The van der Waals surface area contributed by atoms with E-state index in [2.05, 4.69) is 15.3 Å². The second kappa shape index (κ2) is 9.78. The van der Waals surface area contributed by atoms with E-state index in [0.29, 0.717) is 29.4 Å². The molecule has 160 valence electrons. The smallest absolute Gasteiger partial charge is 0.256 e. The Hall–Kier alpha value is -2.83. The first kappa shape index (κ1) is 21.9. The van der Waals surface area contributed by atoms with Crippen molar-refractivity contribution in [2.24, 2.45) is 5.92 Å². The zero-order valence-corrected chi connectivity index (χ0v) is 17.8. The van der Waals surface area contributed by atoms with Crippen molar-refractivity contribution >= 4 is 11.8 Å². The lowest BCUT2D eigenvalue weighted by molar-refractivity contribution is -0.120. The molecule has 1 aromatic carbocycles. The first-order valence-electron chi connectivity index (χ1n) is 10.4. The molecule has 1 aliphatic carbocycles. The minimum absolute atomic E-state index is 0.0538. The Labute approximate surface area is 176 Å². The predicted octanol–water partition coefficient (Wildman–Crippen LogP) is 3.26. The molecule has 1 fully saturated rings. The van der Waals surface area contributed by atoms with E-state index >= 15 is 0 Å². The molecule has 6 nitrogen and oxygen atoms in total. The lowest BCUT2D eigenvalue weighted by Gasteiger charge is -2.29. The summed E-state index contributed by atoms with van der Waals surface area (Å²) >= 11 is 0. The molecule has 0 unspecified atom stereocenters. The second-order valence-corrected chi connectivity index (χ2v) is 8.21. The molecular weight excluding hydrogens is 383 g/mol. The summed E-state index contributed by atoms with van der Waals surface area (Å²) in [6.45, 7) is 2.43. The number of rotatable bonds is 6. The number of aryl methyl sites for hydroxylation is 1. The van der Waals surface area contributed by atoms with Crippen LogP contribution in [0.4, 0.5) is 4.39 Å². The number of nitrogens with one attached hydrogen (secondary N) is 1. The summed E-state index contributed by atoms with van der Waals surface area (Å²) in [6.07, 6.45) is 5.41. The average Bonchev–Trinajstić information content (AvgIpc) is 2.73. The molecule has 0 aliphatic heterocycles. The quantitative estimate of drug-likeness (QED) is 0.790. The Morgan fingerprint density at radius 3 is 2.53 bits per heavy atom. The summed E-state index contributed by atoms with van der Waals surface area (Å²) < 4.78 is 13.7. The Bertz CT molecular complexity index is 908. The van der Waals surface area contributed by atoms with Gasteiger partial charge in [0.1, 0.15) is 11.6 Å². The highest BCUT2D eigenvalue weighted by Crippen LogP contribution is 2.36. The highest BCUT2D eigenvalue weighted by atomic mass is 19.1. The molecule has 0 radical (unpaired) electrons. The number of benzene rings is 1. The molecule has 0 spiro atoms. The van der Waals surface area contributed by atoms with Gasteiger partial charge >= 0.3 is 0 Å². The van der Waals surface area contributed by atoms with Gasteiger partial charge in [0.05, 0.1) is 17.7 Å². The Kier molecular flexibility index (Phi) is 7.13. The molecule has 30 heavy (non-hydrogen) atoms. The first-order valence-corrected chi connectivity index (χ1v) is 10.4. The van der Waals surface area contributed by atoms with Gasteiger partial charge in [-0.3, -0.25) is 9.59 Å². The van der Waals surface area contributed by atoms with Crippen molar-refractivity contribution in [3.05, 3.63) is 58.9 Å². The number of carbonyl (C=O) groups excluding carboxylic acids is 2. The number of halogens is 1. The van der Waals surface area contributed by atoms with Gasteiger partial charge in [0, 0.05) is 32.8 Å². The van der Waals surface area contributed by atoms with Crippen LogP contribution in [0.5, 0.6) is 0 Å². The third-order valence-corrected chi connectivity index (χ3v) is 5.71. The van der Waals surface area contributed by atoms with Crippen LogP contribution in [0, 0.1) is 18.7 Å². The number of nitrogens with zero attached hydrogens (tertiary/aromatic N) is 3. The Balaban J connectivity index is 1.54. The highest BCUT2D eigenvalue weighted by Gasteiger charge is 2.28. The van der Waals surface area contributed by atoms with Gasteiger partial charge in [0.2, 0.25) is 5.91 Å². The number of amides is 2. The van der Waals surface area contributed by atoms with Crippen LogP contribution in [0.1, 0.15) is 59.0 Å². The SMILES string of the molecule is Cc1ncc(C(=O)N(C)C)c(C2CCC(CNC(=O)Cc3ccccc3F)CC2)n1. The van der Waals surface area contributed by atoms with Crippen molar-refractivity contribution < 1.29 is 14.0 Å². The van der Waals surface area contributed by atoms with Crippen LogP contribution in [0.2, 0.25) is 0 Å². The molecule has 0 saturated heterocycles. The van der Waals surface area contributed by atoms with Crippen molar-refractivity contribution in [1.29, 1.82) is 0 Å². The Morgan fingerprint density at radius 1 is 1.17 bits per heavy atom. The highest BCUT2D eigenvalue weighted by molar-refractivity contribution is 5.94. The lowest BCUT2D eigenvalue weighted by atomic mass is 9.79. The fraction of sp³-hybridized carbons (Fsp3) is 0.478. The summed E-state index contributed by atoms with van der Waals surface area (Å²) in [7, 11) is 3.46. The zero-order chi connectivity index (χ0) is 21.7. The van der Waals surface area contributed by atoms with Crippen LogP contribution in [-0.2, 0) is 11.2 Å². The van der Waals surface area contributed by atoms with Crippen molar-refractivity contribution in [2.45, 2.75) is 44.9 Å². The van der Waals surface area contributed by atoms with E-state index < -0.39 is 0 Å². The van der Waals surface area contributed by atoms with Crippen LogP contribution in [-0.4, -0.2) is 47.3 Å². The Morgan fingerprint density at radius 2 is 1.87 bits per heavy atom. The number of aromatic nitrogens is 2. The molecule has 0 atom stereocenters. The van der Waals surface area contributed by atoms with Gasteiger partial charge in [-0.15, -0.1) is 0 Å². The third-order valence-electron chi connectivity index (χ3n) is 5.71. The molecule has 2 amide bonds. The third kappa shape index (κ3) is 5.40. The van der Waals surface area contributed by atoms with Crippen LogP contribution >= 0.6 is 0 Å². The standard InChI is InChI=1S/C23H29FN4O2/c1-15-25-14-19(23(30)28(2)3)22(27-15)17-10-8-16(9-11-17)13-26-21(29)12-18-6-4-5-7-20(18)24/h4-7,14,16-17H,8-13H2,1-3H3,(H,26,29). The van der Waals surface area contributed by atoms with Crippen LogP contribution < -0.4 is 5.32 Å². The summed E-state index contributed by atoms with van der Waals surface area (Å²) in [4.78, 5) is 35.0. The monoisotopic (exact) mass is 412 g/mol. The fourth-order valence-electron chi connectivity index (χ4n) is 3.98. The fourth-order valence-corrected chi connectivity index (χ4v) is 3.98. The van der Waals surface area contributed by atoms with Crippen LogP contribution in [0.15, 0.2) is 30.5 Å². The normalized spacial score (nSPS) is 18.7. The van der Waals surface area contributed by atoms with Crippen LogP contribution in [0.25, 0.3) is 0 Å². The van der Waals surface area contributed by atoms with Crippen molar-refractivity contribution in [3.8, 4) is 0 Å². The van der Waals surface area contributed by atoms with Gasteiger partial charge in [-0.05, 0) is 50.2 Å². The minimum Gasteiger partial charge on any atom is -0.356 e. The predicted molar refractivity (Wildman–Crippen MR) is 113 cm³/mol. The molecule has 1 aliphatic rings. The van der Waals surface area contributed by atoms with Crippen molar-refractivity contribution in [1.82, 2.24) is 20.2 Å². The maximum absolute atomic E-state index is 13.7. The maximum atomic E-state index is 13.7. The van der Waals surface area contributed by atoms with Gasteiger partial charge in [-0.1, -0.05) is 18.2 Å². The van der Waals surface area contributed by atoms with Gasteiger partial charge in [-0.25, -0.2) is 14.4 Å². The molecule has 2 aromatic rings. The molecule has 1 heterocycles. The van der Waals surface area contributed by atoms with E-state index in [1.54, 1.807) is 43.4 Å². The van der Waals surface area contributed by atoms with E-state index in [9.17, 15) is 14.0 Å².